The molecule has 9 heteroatoms. The Balaban J connectivity index is 1.62. The van der Waals surface area contributed by atoms with Crippen LogP contribution in [0.5, 0.6) is 11.5 Å². The van der Waals surface area contributed by atoms with Crippen molar-refractivity contribution >= 4 is 46.6 Å². The molecule has 0 saturated heterocycles. The third-order valence-corrected chi connectivity index (χ3v) is 6.04. The molecule has 3 aromatic carbocycles. The zero-order valence-corrected chi connectivity index (χ0v) is 19.7. The quantitative estimate of drug-likeness (QED) is 0.388. The van der Waals surface area contributed by atoms with Gasteiger partial charge in [0.15, 0.2) is 0 Å². The van der Waals surface area contributed by atoms with Crippen molar-refractivity contribution in [2.45, 2.75) is 17.1 Å². The largest absolute Gasteiger partial charge is 0.496 e. The van der Waals surface area contributed by atoms with Crippen LogP contribution in [0.3, 0.4) is 0 Å². The van der Waals surface area contributed by atoms with Gasteiger partial charge in [0, 0.05) is 16.3 Å². The molecule has 0 fully saturated rings. The molecule has 0 aliphatic heterocycles. The molecule has 0 heterocycles. The van der Waals surface area contributed by atoms with Crippen molar-refractivity contribution in [3.05, 3.63) is 77.1 Å². The Kier molecular flexibility index (Phi) is 8.19. The molecule has 33 heavy (non-hydrogen) atoms. The predicted octanol–water partition coefficient (Wildman–Crippen LogP) is 5.87. The number of hydrogen-bond donors (Lipinski definition) is 2. The molecule has 0 bridgehead atoms. The number of rotatable bonds is 8. The van der Waals surface area contributed by atoms with E-state index in [0.717, 1.165) is 4.90 Å². The second kappa shape index (κ2) is 11.1. The van der Waals surface area contributed by atoms with Gasteiger partial charge in [0.05, 0.1) is 24.5 Å². The second-order valence-corrected chi connectivity index (χ2v) is 8.72. The molecular weight excluding hydrogens is 467 g/mol. The van der Waals surface area contributed by atoms with Gasteiger partial charge >= 0.3 is 0 Å². The second-order valence-electron chi connectivity index (χ2n) is 6.89. The van der Waals surface area contributed by atoms with Crippen LogP contribution in [0, 0.1) is 5.82 Å². The summed E-state index contributed by atoms with van der Waals surface area (Å²) >= 11 is 7.10. The van der Waals surface area contributed by atoms with Crippen LogP contribution in [0.2, 0.25) is 5.02 Å². The maximum absolute atomic E-state index is 13.3. The first kappa shape index (κ1) is 24.4. The van der Waals surface area contributed by atoms with E-state index in [1.165, 1.54) is 44.2 Å². The summed E-state index contributed by atoms with van der Waals surface area (Å²) in [4.78, 5) is 26.1. The first-order valence-corrected chi connectivity index (χ1v) is 11.1. The fourth-order valence-corrected chi connectivity index (χ4v) is 4.01. The molecule has 2 amide bonds. The summed E-state index contributed by atoms with van der Waals surface area (Å²) < 4.78 is 23.8. The Morgan fingerprint density at radius 1 is 0.939 bits per heavy atom. The van der Waals surface area contributed by atoms with Crippen LogP contribution < -0.4 is 20.1 Å². The topological polar surface area (TPSA) is 76.7 Å². The normalized spacial score (nSPS) is 11.4. The number of nitrogens with one attached hydrogen (secondary N) is 2. The van der Waals surface area contributed by atoms with E-state index in [1.54, 1.807) is 49.4 Å². The smallest absolute Gasteiger partial charge is 0.263 e. The molecule has 3 rings (SSSR count). The highest BCUT2D eigenvalue weighted by Crippen LogP contribution is 2.30. The summed E-state index contributed by atoms with van der Waals surface area (Å²) in [5.74, 6) is -0.352. The summed E-state index contributed by atoms with van der Waals surface area (Å²) in [5.41, 5.74) is 1.30. The van der Waals surface area contributed by atoms with Gasteiger partial charge in [-0.1, -0.05) is 17.7 Å². The third kappa shape index (κ3) is 6.18. The summed E-state index contributed by atoms with van der Waals surface area (Å²) in [6.45, 7) is 1.76. The molecule has 6 nitrogen and oxygen atoms in total. The number of hydrogen-bond acceptors (Lipinski definition) is 5. The van der Waals surface area contributed by atoms with Gasteiger partial charge < -0.3 is 20.1 Å². The van der Waals surface area contributed by atoms with Crippen LogP contribution in [0.1, 0.15) is 17.3 Å². The lowest BCUT2D eigenvalue weighted by Crippen LogP contribution is -2.22. The van der Waals surface area contributed by atoms with Crippen LogP contribution in [-0.4, -0.2) is 31.3 Å². The van der Waals surface area contributed by atoms with Gasteiger partial charge in [0.1, 0.15) is 22.9 Å². The average molecular weight is 489 g/mol. The standard InChI is InChI=1S/C24H22ClFN2O4S/c1-14(23(29)28-16-9-12-19(26)18(25)13-16)33-17-10-7-15(8-11-17)27-24(30)22-20(31-2)5-4-6-21(22)32-3/h4-14H,1-3H3,(H,27,30)(H,28,29). The molecule has 0 spiro atoms. The minimum absolute atomic E-state index is 0.0588. The number of benzene rings is 3. The van der Waals surface area contributed by atoms with Crippen LogP contribution >= 0.6 is 23.4 Å². The Morgan fingerprint density at radius 3 is 2.12 bits per heavy atom. The van der Waals surface area contributed by atoms with Crippen molar-refractivity contribution in [1.82, 2.24) is 0 Å². The van der Waals surface area contributed by atoms with Gasteiger partial charge in [0.25, 0.3) is 5.91 Å². The van der Waals surface area contributed by atoms with E-state index in [0.29, 0.717) is 28.4 Å². The van der Waals surface area contributed by atoms with Crippen LogP contribution in [0.25, 0.3) is 0 Å². The Labute approximate surface area is 200 Å². The van der Waals surface area contributed by atoms with Crippen molar-refractivity contribution in [1.29, 1.82) is 0 Å². The molecule has 0 aliphatic rings. The molecule has 0 aromatic heterocycles. The van der Waals surface area contributed by atoms with Crippen molar-refractivity contribution < 1.29 is 23.5 Å². The predicted molar refractivity (Wildman–Crippen MR) is 129 cm³/mol. The fraction of sp³-hybridized carbons (Fsp3) is 0.167. The highest BCUT2D eigenvalue weighted by Gasteiger charge is 2.19. The number of methoxy groups -OCH3 is 2. The van der Waals surface area contributed by atoms with Crippen molar-refractivity contribution in [3.8, 4) is 11.5 Å². The minimum Gasteiger partial charge on any atom is -0.496 e. The molecule has 172 valence electrons. The zero-order chi connectivity index (χ0) is 24.0. The van der Waals surface area contributed by atoms with Gasteiger partial charge in [0.2, 0.25) is 5.91 Å². The first-order chi connectivity index (χ1) is 15.8. The van der Waals surface area contributed by atoms with E-state index in [4.69, 9.17) is 21.1 Å². The lowest BCUT2D eigenvalue weighted by molar-refractivity contribution is -0.115. The number of anilines is 2. The summed E-state index contributed by atoms with van der Waals surface area (Å²) in [5, 5.41) is 5.06. The lowest BCUT2D eigenvalue weighted by Gasteiger charge is -2.14. The van der Waals surface area contributed by atoms with Gasteiger partial charge in [-0.15, -0.1) is 11.8 Å². The SMILES string of the molecule is COc1cccc(OC)c1C(=O)Nc1ccc(SC(C)C(=O)Nc2ccc(F)c(Cl)c2)cc1. The maximum atomic E-state index is 13.3. The monoisotopic (exact) mass is 488 g/mol. The third-order valence-electron chi connectivity index (χ3n) is 4.64. The van der Waals surface area contributed by atoms with E-state index >= 15 is 0 Å². The number of amides is 2. The van der Waals surface area contributed by atoms with Crippen LogP contribution in [-0.2, 0) is 4.79 Å². The average Bonchev–Trinajstić information content (AvgIpc) is 2.81. The van der Waals surface area contributed by atoms with Gasteiger partial charge in [-0.25, -0.2) is 4.39 Å². The molecule has 0 radical (unpaired) electrons. The first-order valence-electron chi connectivity index (χ1n) is 9.87. The minimum atomic E-state index is -0.548. The van der Waals surface area contributed by atoms with Crippen molar-refractivity contribution in [3.63, 3.8) is 0 Å². The molecule has 0 aliphatic carbocycles. The van der Waals surface area contributed by atoms with Crippen molar-refractivity contribution in [2.75, 3.05) is 24.9 Å². The Hall–Kier alpha value is -3.23. The Bertz CT molecular complexity index is 1140. The van der Waals surface area contributed by atoms with Gasteiger partial charge in [-0.2, -0.15) is 0 Å². The number of thioether (sulfide) groups is 1. The Morgan fingerprint density at radius 2 is 1.55 bits per heavy atom. The number of carbonyl (C=O) groups is 2. The van der Waals surface area contributed by atoms with Gasteiger partial charge in [-0.3, -0.25) is 9.59 Å². The van der Waals surface area contributed by atoms with E-state index in [9.17, 15) is 14.0 Å². The van der Waals surface area contributed by atoms with E-state index < -0.39 is 11.1 Å². The zero-order valence-electron chi connectivity index (χ0n) is 18.1. The maximum Gasteiger partial charge on any atom is 0.263 e. The summed E-state index contributed by atoms with van der Waals surface area (Å²) in [6.07, 6.45) is 0. The molecular formula is C24H22ClFN2O4S. The number of carbonyl (C=O) groups excluding carboxylic acids is 2. The fourth-order valence-electron chi connectivity index (χ4n) is 2.96. The number of halogens is 2. The van der Waals surface area contributed by atoms with E-state index in [1.807, 2.05) is 0 Å². The molecule has 1 unspecified atom stereocenters. The van der Waals surface area contributed by atoms with E-state index in [-0.39, 0.29) is 16.8 Å². The molecule has 3 aromatic rings. The highest BCUT2D eigenvalue weighted by molar-refractivity contribution is 8.00. The van der Waals surface area contributed by atoms with Crippen molar-refractivity contribution in [2.24, 2.45) is 0 Å². The van der Waals surface area contributed by atoms with Crippen LogP contribution in [0.15, 0.2) is 65.6 Å². The van der Waals surface area contributed by atoms with E-state index in [2.05, 4.69) is 10.6 Å². The number of ether oxygens (including phenoxy) is 2. The van der Waals surface area contributed by atoms with Crippen LogP contribution in [0.4, 0.5) is 15.8 Å². The van der Waals surface area contributed by atoms with Gasteiger partial charge in [-0.05, 0) is 61.5 Å². The molecule has 1 atom stereocenters. The molecule has 0 saturated carbocycles. The summed E-state index contributed by atoms with van der Waals surface area (Å²) in [6, 6.07) is 16.2. The highest BCUT2D eigenvalue weighted by atomic mass is 35.5. The summed E-state index contributed by atoms with van der Waals surface area (Å²) in [7, 11) is 2.97. The lowest BCUT2D eigenvalue weighted by atomic mass is 10.1. The molecule has 2 N–H and O–H groups in total.